The third-order valence-corrected chi connectivity index (χ3v) is 1.97. The van der Waals surface area contributed by atoms with Gasteiger partial charge in [-0.25, -0.2) is 0 Å². The number of carbonyl (C=O) groups excluding carboxylic acids is 1. The molecule has 0 radical (unpaired) electrons. The van der Waals surface area contributed by atoms with E-state index in [-0.39, 0.29) is 0 Å². The largest absolute Gasteiger partial charge is 0.481 e. The van der Waals surface area contributed by atoms with Crippen LogP contribution < -0.4 is 14.8 Å². The zero-order chi connectivity index (χ0) is 17.8. The lowest BCUT2D eigenvalue weighted by Crippen LogP contribution is -2.22. The lowest BCUT2D eigenvalue weighted by molar-refractivity contribution is -0.154. The number of nitrogens with one attached hydrogen (secondary N) is 1. The number of hydrogen-bond donors (Lipinski definition) is 1. The fourth-order valence-corrected chi connectivity index (χ4v) is 1.23. The number of alkyl halides is 6. The van der Waals surface area contributed by atoms with Crippen molar-refractivity contribution in [2.24, 2.45) is 0 Å². The Labute approximate surface area is 124 Å². The molecular formula is C11H9F7N2O3. The van der Waals surface area contributed by atoms with Crippen LogP contribution in [0.15, 0.2) is 6.07 Å². The number of hydrogen-bond acceptors (Lipinski definition) is 4. The van der Waals surface area contributed by atoms with Crippen LogP contribution >= 0.6 is 0 Å². The molecule has 0 atom stereocenters. The summed E-state index contributed by atoms with van der Waals surface area (Å²) in [6, 6.07) is 0.415. The molecule has 0 fully saturated rings. The minimum atomic E-state index is -4.81. The first-order valence-electron chi connectivity index (χ1n) is 5.74. The summed E-state index contributed by atoms with van der Waals surface area (Å²) < 4.78 is 94.6. The summed E-state index contributed by atoms with van der Waals surface area (Å²) in [5.74, 6) is -5.20. The predicted octanol–water partition coefficient (Wildman–Crippen LogP) is 3.06. The summed E-state index contributed by atoms with van der Waals surface area (Å²) >= 11 is 0. The van der Waals surface area contributed by atoms with Crippen molar-refractivity contribution in [2.45, 2.75) is 19.3 Å². The Bertz CT molecular complexity index is 572. The topological polar surface area (TPSA) is 60.5 Å². The molecule has 1 rings (SSSR count). The molecule has 5 nitrogen and oxygen atoms in total. The summed E-state index contributed by atoms with van der Waals surface area (Å²) in [4.78, 5) is 14.1. The van der Waals surface area contributed by atoms with E-state index in [1.807, 2.05) is 0 Å². The van der Waals surface area contributed by atoms with Crippen LogP contribution in [0.3, 0.4) is 0 Å². The highest BCUT2D eigenvalue weighted by molar-refractivity contribution is 5.88. The molecule has 130 valence electrons. The van der Waals surface area contributed by atoms with Gasteiger partial charge in [-0.1, -0.05) is 0 Å². The van der Waals surface area contributed by atoms with E-state index < -0.39 is 54.7 Å². The molecule has 1 heterocycles. The van der Waals surface area contributed by atoms with E-state index in [0.717, 1.165) is 6.92 Å². The number of nitrogens with zero attached hydrogens (tertiary/aromatic N) is 1. The van der Waals surface area contributed by atoms with Crippen molar-refractivity contribution >= 4 is 11.7 Å². The van der Waals surface area contributed by atoms with Crippen molar-refractivity contribution in [1.82, 2.24) is 4.98 Å². The highest BCUT2D eigenvalue weighted by Gasteiger charge is 2.31. The van der Waals surface area contributed by atoms with Gasteiger partial charge < -0.3 is 14.8 Å². The van der Waals surface area contributed by atoms with Crippen LogP contribution in [0.4, 0.5) is 36.6 Å². The Kier molecular flexibility index (Phi) is 5.61. The van der Waals surface area contributed by atoms with Crippen LogP contribution in [-0.4, -0.2) is 36.5 Å². The van der Waals surface area contributed by atoms with Crippen LogP contribution in [0.5, 0.6) is 11.6 Å². The van der Waals surface area contributed by atoms with Crippen molar-refractivity contribution in [1.29, 1.82) is 0 Å². The summed E-state index contributed by atoms with van der Waals surface area (Å²) in [6.07, 6.45) is -9.56. The van der Waals surface area contributed by atoms with Gasteiger partial charge in [-0.2, -0.15) is 35.7 Å². The van der Waals surface area contributed by atoms with E-state index in [1.165, 1.54) is 0 Å². The average molecular weight is 350 g/mol. The van der Waals surface area contributed by atoms with Gasteiger partial charge >= 0.3 is 12.4 Å². The minimum absolute atomic E-state index is 0.415. The quantitative estimate of drug-likeness (QED) is 0.830. The van der Waals surface area contributed by atoms with Gasteiger partial charge in [0, 0.05) is 13.0 Å². The molecule has 1 amide bonds. The van der Waals surface area contributed by atoms with E-state index >= 15 is 0 Å². The van der Waals surface area contributed by atoms with Gasteiger partial charge in [0.15, 0.2) is 24.8 Å². The summed E-state index contributed by atoms with van der Waals surface area (Å²) in [6.45, 7) is -2.78. The summed E-state index contributed by atoms with van der Waals surface area (Å²) in [5.41, 5.74) is 0. The van der Waals surface area contributed by atoms with Gasteiger partial charge in [0.05, 0.1) is 0 Å². The third-order valence-electron chi connectivity index (χ3n) is 1.97. The fraction of sp³-hybridized carbons (Fsp3) is 0.455. The maximum Gasteiger partial charge on any atom is 0.422 e. The van der Waals surface area contributed by atoms with Gasteiger partial charge in [0.25, 0.3) is 0 Å². The number of aromatic nitrogens is 1. The maximum absolute atomic E-state index is 13.8. The van der Waals surface area contributed by atoms with E-state index in [1.54, 1.807) is 5.32 Å². The Morgan fingerprint density at radius 2 is 1.65 bits per heavy atom. The normalized spacial score (nSPS) is 12.0. The second kappa shape index (κ2) is 6.87. The lowest BCUT2D eigenvalue weighted by atomic mass is 10.3. The second-order valence-corrected chi connectivity index (χ2v) is 4.11. The molecule has 0 aliphatic rings. The molecule has 0 aliphatic carbocycles. The van der Waals surface area contributed by atoms with Crippen molar-refractivity contribution in [3.05, 3.63) is 11.9 Å². The lowest BCUT2D eigenvalue weighted by Gasteiger charge is -2.14. The Morgan fingerprint density at radius 1 is 1.13 bits per heavy atom. The van der Waals surface area contributed by atoms with Crippen molar-refractivity contribution in [3.63, 3.8) is 0 Å². The molecule has 0 bridgehead atoms. The molecule has 0 spiro atoms. The molecular weight excluding hydrogens is 341 g/mol. The Morgan fingerprint density at radius 3 is 2.13 bits per heavy atom. The first kappa shape index (κ1) is 18.8. The highest BCUT2D eigenvalue weighted by atomic mass is 19.4. The summed E-state index contributed by atoms with van der Waals surface area (Å²) in [7, 11) is 0. The molecule has 0 aliphatic heterocycles. The van der Waals surface area contributed by atoms with Gasteiger partial charge in [0.1, 0.15) is 0 Å². The number of amides is 1. The minimum Gasteiger partial charge on any atom is -0.481 e. The van der Waals surface area contributed by atoms with Crippen molar-refractivity contribution in [2.75, 3.05) is 18.5 Å². The molecule has 1 aromatic rings. The van der Waals surface area contributed by atoms with Crippen LogP contribution in [0.2, 0.25) is 0 Å². The third kappa shape index (κ3) is 7.02. The second-order valence-electron chi connectivity index (χ2n) is 4.11. The van der Waals surface area contributed by atoms with Crippen molar-refractivity contribution in [3.8, 4) is 11.6 Å². The SMILES string of the molecule is CC(=O)Nc1nc(OCC(F)(F)F)cc(OCC(F)(F)F)c1F. The van der Waals surface area contributed by atoms with Crippen LogP contribution in [0, 0.1) is 5.82 Å². The van der Waals surface area contributed by atoms with E-state index in [9.17, 15) is 35.5 Å². The van der Waals surface area contributed by atoms with Crippen LogP contribution in [0.1, 0.15) is 6.92 Å². The molecule has 1 N–H and O–H groups in total. The first-order chi connectivity index (χ1) is 10.4. The number of anilines is 1. The fourth-order valence-electron chi connectivity index (χ4n) is 1.23. The first-order valence-corrected chi connectivity index (χ1v) is 5.74. The molecule has 23 heavy (non-hydrogen) atoms. The van der Waals surface area contributed by atoms with Crippen LogP contribution in [0.25, 0.3) is 0 Å². The molecule has 0 unspecified atom stereocenters. The van der Waals surface area contributed by atoms with Gasteiger partial charge in [-0.15, -0.1) is 0 Å². The van der Waals surface area contributed by atoms with E-state index in [2.05, 4.69) is 14.5 Å². The van der Waals surface area contributed by atoms with Crippen LogP contribution in [-0.2, 0) is 4.79 Å². The molecule has 12 heteroatoms. The van der Waals surface area contributed by atoms with Crippen molar-refractivity contribution < 1.29 is 45.0 Å². The average Bonchev–Trinajstić information content (AvgIpc) is 2.35. The van der Waals surface area contributed by atoms with Gasteiger partial charge in [-0.05, 0) is 0 Å². The zero-order valence-corrected chi connectivity index (χ0v) is 11.3. The molecule has 0 saturated carbocycles. The Balaban J connectivity index is 3.08. The predicted molar refractivity (Wildman–Crippen MR) is 61.6 cm³/mol. The van der Waals surface area contributed by atoms with Gasteiger partial charge in [0.2, 0.25) is 17.6 Å². The number of pyridine rings is 1. The summed E-state index contributed by atoms with van der Waals surface area (Å²) in [5, 5.41) is 1.80. The standard InChI is InChI=1S/C11H9F7N2O3/c1-5(21)19-9-8(12)6(22-3-10(13,14)15)2-7(20-9)23-4-11(16,17)18/h2H,3-4H2,1H3,(H,19,20,21). The molecule has 1 aromatic heterocycles. The monoisotopic (exact) mass is 350 g/mol. The highest BCUT2D eigenvalue weighted by Crippen LogP contribution is 2.30. The number of carbonyl (C=O) groups is 1. The molecule has 0 saturated heterocycles. The molecule has 0 aromatic carbocycles. The maximum atomic E-state index is 13.8. The zero-order valence-electron chi connectivity index (χ0n) is 11.3. The number of ether oxygens (including phenoxy) is 2. The number of rotatable bonds is 5. The van der Waals surface area contributed by atoms with E-state index in [4.69, 9.17) is 0 Å². The Hall–Kier alpha value is -2.27. The van der Waals surface area contributed by atoms with E-state index in [0.29, 0.717) is 6.07 Å². The smallest absolute Gasteiger partial charge is 0.422 e. The number of halogens is 7. The van der Waals surface area contributed by atoms with Gasteiger partial charge in [-0.3, -0.25) is 4.79 Å².